The Bertz CT molecular complexity index is 3660. The number of aliphatic hydroxyl groups is 1. The molecule has 7 aromatic heterocycles. The number of nitrogens with one attached hydrogen (secondary N) is 6. The summed E-state index contributed by atoms with van der Waals surface area (Å²) < 4.78 is 5.33. The van der Waals surface area contributed by atoms with Crippen molar-refractivity contribution in [3.8, 4) is 43.4 Å². The molecule has 0 saturated heterocycles. The number of ether oxygens (including phenoxy) is 1. The Morgan fingerprint density at radius 1 is 0.713 bits per heavy atom. The lowest BCUT2D eigenvalue weighted by Crippen LogP contribution is -2.40. The molecule has 1 aromatic carbocycles. The molecule has 1 aliphatic heterocycles. The summed E-state index contributed by atoms with van der Waals surface area (Å²) in [5, 5.41) is 46.5. The highest BCUT2D eigenvalue weighted by molar-refractivity contribution is 7.16. The summed E-state index contributed by atoms with van der Waals surface area (Å²) in [5.74, 6) is -4.71. The molecule has 8 heterocycles. The number of carbonyl (C=O) groups excluding carboxylic acids is 6. The van der Waals surface area contributed by atoms with Crippen LogP contribution in [0, 0.1) is 18.8 Å². The number of pyridine rings is 1. The fourth-order valence-corrected chi connectivity index (χ4v) is 14.0. The highest BCUT2D eigenvalue weighted by Crippen LogP contribution is 2.40. The zero-order chi connectivity index (χ0) is 56.2. The highest BCUT2D eigenvalue weighted by Gasteiger charge is 2.33. The number of rotatable bonds is 10. The lowest BCUT2D eigenvalue weighted by molar-refractivity contribution is -0.143. The number of aliphatic hydroxyl groups excluding tert-OH is 1. The van der Waals surface area contributed by atoms with Crippen molar-refractivity contribution in [1.29, 1.82) is 0 Å². The number of aryl methyl sites for hydroxylation is 1. The van der Waals surface area contributed by atoms with Gasteiger partial charge in [0.05, 0.1) is 42.1 Å². The molecule has 0 radical (unpaired) electrons. The van der Waals surface area contributed by atoms with Gasteiger partial charge in [0.15, 0.2) is 5.13 Å². The smallest absolute Gasteiger partial charge is 0.306 e. The van der Waals surface area contributed by atoms with Crippen LogP contribution in [-0.4, -0.2) is 107 Å². The molecule has 80 heavy (non-hydrogen) atoms. The molecule has 1 aliphatic carbocycles. The average Bonchev–Trinajstić information content (AvgIpc) is 4.54. The van der Waals surface area contributed by atoms with Gasteiger partial charge in [-0.3, -0.25) is 38.9 Å². The van der Waals surface area contributed by atoms with E-state index in [-0.39, 0.29) is 52.1 Å². The van der Waals surface area contributed by atoms with E-state index in [9.17, 15) is 43.8 Å². The SMILES string of the molecule is CNC(=O)C[C@@H]1NC(=O)c2csc(n2)-c2ccc(-c3nc(NC(=O)[C@H]4CC[C@H](C(=O)O)CC4)cs3)nc2-c2csc(n2)-c2csc(n2)[C@H]([C@@H](O)c2ccccc2)NC(=O)CNC(=O)c2nc(sc2COC)NC(=O)c2nc1sc2C. The first-order valence-corrected chi connectivity index (χ1v) is 29.8. The van der Waals surface area contributed by atoms with Crippen LogP contribution in [0.5, 0.6) is 0 Å². The predicted molar refractivity (Wildman–Crippen MR) is 302 cm³/mol. The normalized spacial score (nSPS) is 18.3. The van der Waals surface area contributed by atoms with Gasteiger partial charge in [0.25, 0.3) is 17.7 Å². The largest absolute Gasteiger partial charge is 0.481 e. The molecule has 3 atom stereocenters. The maximum atomic E-state index is 14.2. The molecule has 8 N–H and O–H groups in total. The second-order valence-corrected chi connectivity index (χ2v) is 24.1. The number of amides is 6. The van der Waals surface area contributed by atoms with E-state index in [1.165, 1.54) is 59.5 Å². The van der Waals surface area contributed by atoms with E-state index < -0.39 is 66.2 Å². The van der Waals surface area contributed by atoms with Crippen molar-refractivity contribution in [2.75, 3.05) is 31.3 Å². The molecule has 0 unspecified atom stereocenters. The van der Waals surface area contributed by atoms with Crippen molar-refractivity contribution in [2.45, 2.75) is 63.8 Å². The van der Waals surface area contributed by atoms with E-state index in [4.69, 9.17) is 29.7 Å². The van der Waals surface area contributed by atoms with Gasteiger partial charge in [-0.25, -0.2) is 34.9 Å². The van der Waals surface area contributed by atoms with Crippen LogP contribution in [-0.2, 0) is 30.5 Å². The number of carbonyl (C=O) groups is 7. The molecular formula is C51H47N13O10S6. The maximum absolute atomic E-state index is 14.2. The van der Waals surface area contributed by atoms with Crippen LogP contribution in [0.3, 0.4) is 0 Å². The Morgan fingerprint density at radius 3 is 2.19 bits per heavy atom. The van der Waals surface area contributed by atoms with Gasteiger partial charge in [0, 0.05) is 52.0 Å². The van der Waals surface area contributed by atoms with Crippen LogP contribution >= 0.6 is 68.0 Å². The Balaban J connectivity index is 1.02. The Hall–Kier alpha value is -7.64. The minimum absolute atomic E-state index is 0.0138. The number of carboxylic acid groups (broad SMARTS) is 1. The number of hydrogen-bond acceptors (Lipinski definition) is 22. The number of carboxylic acids is 1. The molecule has 29 heteroatoms. The number of aliphatic carboxylic acids is 1. The summed E-state index contributed by atoms with van der Waals surface area (Å²) in [6.07, 6.45) is 0.222. The van der Waals surface area contributed by atoms with Crippen molar-refractivity contribution in [3.05, 3.63) is 106 Å². The topological polar surface area (TPSA) is 332 Å². The summed E-state index contributed by atoms with van der Waals surface area (Å²) in [7, 11) is 2.88. The fourth-order valence-electron chi connectivity index (χ4n) is 8.81. The third-order valence-corrected chi connectivity index (χ3v) is 18.5. The van der Waals surface area contributed by atoms with Crippen molar-refractivity contribution >= 4 is 120 Å². The molecule has 1 saturated carbocycles. The quantitative estimate of drug-likeness (QED) is 0.0667. The van der Waals surface area contributed by atoms with Gasteiger partial charge in [0.1, 0.15) is 77.2 Å². The molecule has 412 valence electrons. The van der Waals surface area contributed by atoms with Gasteiger partial charge in [-0.05, 0) is 50.3 Å². The maximum Gasteiger partial charge on any atom is 0.306 e. The molecule has 8 aromatic rings. The number of benzene rings is 1. The van der Waals surface area contributed by atoms with Crippen LogP contribution in [0.1, 0.15) is 107 Å². The van der Waals surface area contributed by atoms with Gasteiger partial charge in [-0.2, -0.15) is 0 Å². The molecule has 10 rings (SSSR count). The number of nitrogens with zero attached hydrogens (tertiary/aromatic N) is 7. The van der Waals surface area contributed by atoms with Gasteiger partial charge in [-0.15, -0.1) is 56.7 Å². The second-order valence-electron chi connectivity index (χ2n) is 18.3. The van der Waals surface area contributed by atoms with E-state index >= 15 is 0 Å². The molecule has 0 spiro atoms. The van der Waals surface area contributed by atoms with E-state index in [0.717, 1.165) is 22.7 Å². The van der Waals surface area contributed by atoms with Crippen LogP contribution in [0.15, 0.2) is 64.0 Å². The number of anilines is 2. The third-order valence-electron chi connectivity index (χ3n) is 12.9. The molecule has 1 fully saturated rings. The first kappa shape index (κ1) is 55.7. The average molecular weight is 1190 g/mol. The van der Waals surface area contributed by atoms with Gasteiger partial charge in [0.2, 0.25) is 17.7 Å². The van der Waals surface area contributed by atoms with Crippen LogP contribution < -0.4 is 31.9 Å². The summed E-state index contributed by atoms with van der Waals surface area (Å²) in [4.78, 5) is 127. The van der Waals surface area contributed by atoms with E-state index in [1.54, 1.807) is 70.9 Å². The van der Waals surface area contributed by atoms with E-state index in [2.05, 4.69) is 41.9 Å². The molecule has 23 nitrogen and oxygen atoms in total. The highest BCUT2D eigenvalue weighted by atomic mass is 32.1. The number of thiazole rings is 6. The first-order valence-electron chi connectivity index (χ1n) is 24.6. The van der Waals surface area contributed by atoms with Gasteiger partial charge >= 0.3 is 5.97 Å². The minimum Gasteiger partial charge on any atom is -0.481 e. The van der Waals surface area contributed by atoms with Crippen molar-refractivity contribution in [2.24, 2.45) is 11.8 Å². The lowest BCUT2D eigenvalue weighted by atomic mass is 9.81. The zero-order valence-electron chi connectivity index (χ0n) is 42.4. The van der Waals surface area contributed by atoms with Crippen molar-refractivity contribution < 1.29 is 48.5 Å². The minimum atomic E-state index is -1.28. The molecular weight excluding hydrogens is 1150 g/mol. The summed E-state index contributed by atoms with van der Waals surface area (Å²) in [6, 6.07) is 10.1. The van der Waals surface area contributed by atoms with Crippen molar-refractivity contribution in [3.63, 3.8) is 0 Å². The number of aromatic nitrogens is 7. The van der Waals surface area contributed by atoms with Gasteiger partial charge in [-0.1, -0.05) is 41.7 Å². The lowest BCUT2D eigenvalue weighted by Gasteiger charge is -2.24. The van der Waals surface area contributed by atoms with Crippen LogP contribution in [0.25, 0.3) is 43.4 Å². The summed E-state index contributed by atoms with van der Waals surface area (Å²) in [5.41, 5.74) is 2.52. The third kappa shape index (κ3) is 12.4. The molecule has 10 bridgehead atoms. The summed E-state index contributed by atoms with van der Waals surface area (Å²) >= 11 is 6.94. The van der Waals surface area contributed by atoms with Gasteiger partial charge < -0.3 is 41.5 Å². The first-order chi connectivity index (χ1) is 38.6. The van der Waals surface area contributed by atoms with Crippen molar-refractivity contribution in [1.82, 2.24) is 56.2 Å². The second kappa shape index (κ2) is 24.4. The van der Waals surface area contributed by atoms with E-state index in [1.807, 2.05) is 0 Å². The summed E-state index contributed by atoms with van der Waals surface area (Å²) in [6.45, 7) is 1.07. The molecule has 2 aliphatic rings. The number of methoxy groups -OCH3 is 1. The Morgan fingerprint density at radius 2 is 1.43 bits per heavy atom. The number of fused-ring (bicyclic) bond motifs is 14. The molecule has 6 amide bonds. The standard InChI is InChI=1S/C51H47N13O10S6/c1-22-36-44(71)64-51-63-38(32(80-51)17-74-3)43(70)53-16-35(66)61-39(40(67)23-7-5-4-6-8-23)49-58-31(20-77-49)47-56-29(18-76-47)37-26(45-57-30(19-75-45)42(69)55-28(15-34(65)52-2)48(62-36)79-22)13-14-27(54-37)46-60-33(21-78-46)59-41(68)24-9-11-25(12-10-24)50(72)73/h4-8,13-14,18-21,24-25,28,39-40,67H,9-12,15-17H2,1-3H3,(H,52,65)(H,53,70)(H,55,69)(H,59,68)(H,61,66)(H,72,73)(H,63,64,71)/t24-,25-,28-,39-,40-/m0/s1. The monoisotopic (exact) mass is 1190 g/mol. The van der Waals surface area contributed by atoms with Crippen LogP contribution in [0.2, 0.25) is 0 Å². The predicted octanol–water partition coefficient (Wildman–Crippen LogP) is 7.27. The fraction of sp³-hybridized carbons (Fsp3) is 0.294. The Kier molecular flexibility index (Phi) is 17.0. The van der Waals surface area contributed by atoms with E-state index in [0.29, 0.717) is 95.2 Å². The zero-order valence-corrected chi connectivity index (χ0v) is 47.3. The van der Waals surface area contributed by atoms with Crippen LogP contribution in [0.4, 0.5) is 10.9 Å². The number of hydrogen-bond donors (Lipinski definition) is 8. The Labute approximate surface area is 478 Å².